The minimum Gasteiger partial charge on any atom is -0.350 e. The molecule has 2 rings (SSSR count). The van der Waals surface area contributed by atoms with Gasteiger partial charge in [0.05, 0.1) is 11.8 Å². The predicted molar refractivity (Wildman–Crippen MR) is 112 cm³/mol. The Bertz CT molecular complexity index is 657. The summed E-state index contributed by atoms with van der Waals surface area (Å²) in [6.45, 7) is 4.64. The molecule has 1 heterocycles. The monoisotopic (exact) mass is 403 g/mol. The fourth-order valence-electron chi connectivity index (χ4n) is 3.44. The maximum absolute atomic E-state index is 12.9. The molecule has 1 aliphatic heterocycles. The van der Waals surface area contributed by atoms with E-state index in [-0.39, 0.29) is 17.7 Å². The van der Waals surface area contributed by atoms with Gasteiger partial charge in [-0.05, 0) is 37.2 Å². The van der Waals surface area contributed by atoms with Gasteiger partial charge in [0.15, 0.2) is 6.29 Å². The van der Waals surface area contributed by atoms with E-state index < -0.39 is 18.1 Å². The number of rotatable bonds is 10. The standard InChI is InChI=1S/C22H33N3O4/c1-16(2)15-19(21(26)24-23)18(12-8-11-17-9-4-3-5-10-17)22(27)25-29-20-13-6-7-14-28-20/h3-5,8-11,16,18-20H,6-7,12-15,23H2,1-2H3,(H,24,26)(H,25,27)/t18-,19+,20?/m1/s1. The number of carbonyl (C=O) groups excluding carboxylic acids is 2. The first-order valence-corrected chi connectivity index (χ1v) is 10.3. The molecule has 7 nitrogen and oxygen atoms in total. The van der Waals surface area contributed by atoms with Gasteiger partial charge in [0.25, 0.3) is 0 Å². The topological polar surface area (TPSA) is 103 Å². The molecule has 4 N–H and O–H groups in total. The average molecular weight is 404 g/mol. The van der Waals surface area contributed by atoms with Crippen molar-refractivity contribution in [2.75, 3.05) is 6.61 Å². The van der Waals surface area contributed by atoms with E-state index in [1.165, 1.54) is 0 Å². The highest BCUT2D eigenvalue weighted by atomic mass is 16.8. The SMILES string of the molecule is CC(C)C[C@H](C(=O)NN)[C@@H](CC=Cc1ccccc1)C(=O)NOC1CCCCO1. The maximum Gasteiger partial charge on any atom is 0.247 e. The predicted octanol–water partition coefficient (Wildman–Crippen LogP) is 2.93. The zero-order valence-corrected chi connectivity index (χ0v) is 17.3. The van der Waals surface area contributed by atoms with E-state index in [2.05, 4.69) is 10.9 Å². The summed E-state index contributed by atoms with van der Waals surface area (Å²) in [6, 6.07) is 9.81. The van der Waals surface area contributed by atoms with Crippen LogP contribution in [0, 0.1) is 17.8 Å². The second-order valence-electron chi connectivity index (χ2n) is 7.78. The molecule has 7 heteroatoms. The molecule has 0 aliphatic carbocycles. The van der Waals surface area contributed by atoms with Crippen molar-refractivity contribution in [1.82, 2.24) is 10.9 Å². The summed E-state index contributed by atoms with van der Waals surface area (Å²) in [5.74, 6) is 3.77. The molecule has 1 aromatic carbocycles. The summed E-state index contributed by atoms with van der Waals surface area (Å²) in [5.41, 5.74) is 5.76. The van der Waals surface area contributed by atoms with Crippen LogP contribution in [0.5, 0.6) is 0 Å². The van der Waals surface area contributed by atoms with E-state index in [1.807, 2.05) is 56.3 Å². The van der Waals surface area contributed by atoms with E-state index in [0.717, 1.165) is 24.8 Å². The fraction of sp³-hybridized carbons (Fsp3) is 0.545. The summed E-state index contributed by atoms with van der Waals surface area (Å²) >= 11 is 0. The minimum atomic E-state index is -0.607. The van der Waals surface area contributed by atoms with Crippen LogP contribution in [-0.2, 0) is 19.2 Å². The summed E-state index contributed by atoms with van der Waals surface area (Å²) < 4.78 is 5.49. The van der Waals surface area contributed by atoms with Crippen LogP contribution in [0.2, 0.25) is 0 Å². The Hall–Kier alpha value is -2.22. The highest BCUT2D eigenvalue weighted by Gasteiger charge is 2.34. The molecule has 1 aromatic rings. The number of hydrazine groups is 1. The van der Waals surface area contributed by atoms with Gasteiger partial charge in [-0.25, -0.2) is 16.2 Å². The molecule has 160 valence electrons. The summed E-state index contributed by atoms with van der Waals surface area (Å²) in [5, 5.41) is 0. The second kappa shape index (κ2) is 12.4. The first-order valence-electron chi connectivity index (χ1n) is 10.3. The van der Waals surface area contributed by atoms with Gasteiger partial charge in [-0.1, -0.05) is 56.3 Å². The van der Waals surface area contributed by atoms with Crippen molar-refractivity contribution in [2.45, 2.75) is 52.2 Å². The van der Waals surface area contributed by atoms with Crippen LogP contribution in [0.15, 0.2) is 36.4 Å². The van der Waals surface area contributed by atoms with Gasteiger partial charge in [-0.15, -0.1) is 0 Å². The fourth-order valence-corrected chi connectivity index (χ4v) is 3.44. The third-order valence-corrected chi connectivity index (χ3v) is 4.96. The number of carbonyl (C=O) groups is 2. The van der Waals surface area contributed by atoms with E-state index in [9.17, 15) is 9.59 Å². The van der Waals surface area contributed by atoms with Gasteiger partial charge in [-0.3, -0.25) is 15.0 Å². The van der Waals surface area contributed by atoms with Crippen LogP contribution in [0.3, 0.4) is 0 Å². The van der Waals surface area contributed by atoms with E-state index in [1.54, 1.807) is 0 Å². The van der Waals surface area contributed by atoms with Crippen LogP contribution in [0.1, 0.15) is 51.5 Å². The van der Waals surface area contributed by atoms with Crippen molar-refractivity contribution >= 4 is 17.9 Å². The Morgan fingerprint density at radius 1 is 1.21 bits per heavy atom. The first-order chi connectivity index (χ1) is 14.0. The molecule has 0 aromatic heterocycles. The number of nitrogens with two attached hydrogens (primary N) is 1. The molecule has 0 saturated carbocycles. The Labute approximate surface area is 172 Å². The lowest BCUT2D eigenvalue weighted by molar-refractivity contribution is -0.203. The van der Waals surface area contributed by atoms with Crippen LogP contribution >= 0.6 is 0 Å². The molecule has 3 atom stereocenters. The van der Waals surface area contributed by atoms with E-state index in [4.69, 9.17) is 15.4 Å². The van der Waals surface area contributed by atoms with Gasteiger partial charge in [-0.2, -0.15) is 0 Å². The highest BCUT2D eigenvalue weighted by molar-refractivity contribution is 5.87. The maximum atomic E-state index is 12.9. The highest BCUT2D eigenvalue weighted by Crippen LogP contribution is 2.25. The van der Waals surface area contributed by atoms with E-state index >= 15 is 0 Å². The summed E-state index contributed by atoms with van der Waals surface area (Å²) in [6.07, 6.45) is 7.06. The lowest BCUT2D eigenvalue weighted by Crippen LogP contribution is -2.45. The molecule has 1 fully saturated rings. The number of hydroxylamine groups is 1. The first kappa shape index (κ1) is 23.1. The lowest BCUT2D eigenvalue weighted by Gasteiger charge is -2.27. The number of benzene rings is 1. The molecule has 1 unspecified atom stereocenters. The van der Waals surface area contributed by atoms with Gasteiger partial charge in [0.2, 0.25) is 11.8 Å². The third-order valence-electron chi connectivity index (χ3n) is 4.96. The zero-order chi connectivity index (χ0) is 21.1. The molecular weight excluding hydrogens is 370 g/mol. The van der Waals surface area contributed by atoms with Crippen molar-refractivity contribution in [3.05, 3.63) is 42.0 Å². The molecule has 1 aliphatic rings. The quantitative estimate of drug-likeness (QED) is 0.317. The van der Waals surface area contributed by atoms with Gasteiger partial charge in [0, 0.05) is 13.0 Å². The molecular formula is C22H33N3O4. The number of hydrogen-bond donors (Lipinski definition) is 3. The molecule has 0 spiro atoms. The third kappa shape index (κ3) is 7.97. The van der Waals surface area contributed by atoms with Crippen LogP contribution < -0.4 is 16.7 Å². The lowest BCUT2D eigenvalue weighted by atomic mass is 9.82. The number of amides is 2. The minimum absolute atomic E-state index is 0.230. The average Bonchev–Trinajstić information content (AvgIpc) is 2.74. The van der Waals surface area contributed by atoms with Crippen LogP contribution in [0.4, 0.5) is 0 Å². The Morgan fingerprint density at radius 2 is 1.97 bits per heavy atom. The molecule has 2 amide bonds. The normalized spacial score (nSPS) is 19.1. The van der Waals surface area contributed by atoms with Gasteiger partial charge < -0.3 is 4.74 Å². The number of nitrogens with one attached hydrogen (secondary N) is 2. The number of hydrogen-bond acceptors (Lipinski definition) is 5. The van der Waals surface area contributed by atoms with Crippen LogP contribution in [0.25, 0.3) is 6.08 Å². The van der Waals surface area contributed by atoms with Gasteiger partial charge >= 0.3 is 0 Å². The second-order valence-corrected chi connectivity index (χ2v) is 7.78. The molecule has 29 heavy (non-hydrogen) atoms. The largest absolute Gasteiger partial charge is 0.350 e. The van der Waals surface area contributed by atoms with E-state index in [0.29, 0.717) is 19.4 Å². The smallest absolute Gasteiger partial charge is 0.247 e. The summed E-state index contributed by atoms with van der Waals surface area (Å²) in [4.78, 5) is 30.8. The van der Waals surface area contributed by atoms with Crippen molar-refractivity contribution < 1.29 is 19.2 Å². The Balaban J connectivity index is 2.09. The Morgan fingerprint density at radius 3 is 2.59 bits per heavy atom. The van der Waals surface area contributed by atoms with Crippen molar-refractivity contribution in [3.8, 4) is 0 Å². The van der Waals surface area contributed by atoms with Crippen molar-refractivity contribution in [3.63, 3.8) is 0 Å². The molecule has 1 saturated heterocycles. The summed E-state index contributed by atoms with van der Waals surface area (Å²) in [7, 11) is 0. The van der Waals surface area contributed by atoms with Crippen LogP contribution in [-0.4, -0.2) is 24.7 Å². The molecule has 0 bridgehead atoms. The molecule has 0 radical (unpaired) electrons. The van der Waals surface area contributed by atoms with Crippen molar-refractivity contribution in [2.24, 2.45) is 23.6 Å². The zero-order valence-electron chi connectivity index (χ0n) is 17.3. The Kier molecular flexibility index (Phi) is 9.83. The number of ether oxygens (including phenoxy) is 1. The number of allylic oxidation sites excluding steroid dienone is 1. The van der Waals surface area contributed by atoms with Gasteiger partial charge in [0.1, 0.15) is 0 Å². The van der Waals surface area contributed by atoms with Crippen molar-refractivity contribution in [1.29, 1.82) is 0 Å².